The molecule has 19 heavy (non-hydrogen) atoms. The van der Waals surface area contributed by atoms with Crippen molar-refractivity contribution in [3.8, 4) is 5.75 Å². The van der Waals surface area contributed by atoms with E-state index < -0.39 is 0 Å². The molecule has 2 rings (SSSR count). The highest BCUT2D eigenvalue weighted by Gasteiger charge is 1.94. The van der Waals surface area contributed by atoms with E-state index in [1.54, 1.807) is 30.3 Å². The Labute approximate surface area is 111 Å². The van der Waals surface area contributed by atoms with Gasteiger partial charge in [-0.25, -0.2) is 4.39 Å². The molecule has 0 fully saturated rings. The quantitative estimate of drug-likeness (QED) is 0.558. The molecule has 4 heteroatoms. The largest absolute Gasteiger partial charge is 0.490 e. The monoisotopic (exact) mass is 256 g/mol. The fraction of sp³-hybridized carbons (Fsp3) is 0.0667. The predicted octanol–water partition coefficient (Wildman–Crippen LogP) is 4.81. The van der Waals surface area contributed by atoms with Crippen molar-refractivity contribution in [1.29, 1.82) is 0 Å². The van der Waals surface area contributed by atoms with Crippen molar-refractivity contribution in [1.82, 2.24) is 0 Å². The van der Waals surface area contributed by atoms with Crippen LogP contribution in [0.5, 0.6) is 5.75 Å². The molecule has 2 aromatic carbocycles. The highest BCUT2D eigenvalue weighted by molar-refractivity contribution is 5.42. The van der Waals surface area contributed by atoms with Gasteiger partial charge in [0.05, 0.1) is 11.4 Å². The molecule has 0 unspecified atom stereocenters. The topological polar surface area (TPSA) is 34.0 Å². The Hall–Kier alpha value is -2.49. The summed E-state index contributed by atoms with van der Waals surface area (Å²) in [5.41, 5.74) is 1.31. The van der Waals surface area contributed by atoms with Gasteiger partial charge in [0.25, 0.3) is 0 Å². The van der Waals surface area contributed by atoms with Crippen molar-refractivity contribution >= 4 is 11.4 Å². The van der Waals surface area contributed by atoms with Crippen LogP contribution in [0.3, 0.4) is 0 Å². The Morgan fingerprint density at radius 2 is 1.47 bits per heavy atom. The van der Waals surface area contributed by atoms with Crippen LogP contribution in [0.2, 0.25) is 0 Å². The minimum atomic E-state index is -0.289. The second kappa shape index (κ2) is 6.44. The Balaban J connectivity index is 2.02. The van der Waals surface area contributed by atoms with Gasteiger partial charge in [0.1, 0.15) is 18.2 Å². The Morgan fingerprint density at radius 3 is 2.00 bits per heavy atom. The molecular formula is C15H13FN2O. The van der Waals surface area contributed by atoms with Crippen molar-refractivity contribution in [3.63, 3.8) is 0 Å². The molecule has 0 atom stereocenters. The van der Waals surface area contributed by atoms with Gasteiger partial charge in [0.2, 0.25) is 0 Å². The molecule has 3 nitrogen and oxygen atoms in total. The number of azo groups is 1. The minimum Gasteiger partial charge on any atom is -0.490 e. The van der Waals surface area contributed by atoms with Gasteiger partial charge in [-0.2, -0.15) is 10.2 Å². The van der Waals surface area contributed by atoms with Crippen LogP contribution in [0, 0.1) is 5.82 Å². The van der Waals surface area contributed by atoms with Crippen LogP contribution in [-0.4, -0.2) is 6.61 Å². The van der Waals surface area contributed by atoms with Crippen molar-refractivity contribution in [2.45, 2.75) is 0 Å². The van der Waals surface area contributed by atoms with E-state index in [2.05, 4.69) is 16.8 Å². The minimum absolute atomic E-state index is 0.289. The van der Waals surface area contributed by atoms with Gasteiger partial charge in [-0.3, -0.25) is 0 Å². The molecule has 0 aliphatic carbocycles. The van der Waals surface area contributed by atoms with Crippen LogP contribution >= 0.6 is 0 Å². The van der Waals surface area contributed by atoms with E-state index in [9.17, 15) is 4.39 Å². The fourth-order valence-corrected chi connectivity index (χ4v) is 1.39. The molecular weight excluding hydrogens is 243 g/mol. The number of halogens is 1. The van der Waals surface area contributed by atoms with E-state index in [4.69, 9.17) is 4.74 Å². The highest BCUT2D eigenvalue weighted by Crippen LogP contribution is 2.21. The first-order valence-corrected chi connectivity index (χ1v) is 5.79. The summed E-state index contributed by atoms with van der Waals surface area (Å²) < 4.78 is 18.1. The molecule has 96 valence electrons. The number of rotatable bonds is 5. The van der Waals surface area contributed by atoms with Crippen molar-refractivity contribution < 1.29 is 9.13 Å². The average molecular weight is 256 g/mol. The molecule has 0 saturated carbocycles. The Morgan fingerprint density at radius 1 is 0.947 bits per heavy atom. The lowest BCUT2D eigenvalue weighted by molar-refractivity contribution is 0.363. The lowest BCUT2D eigenvalue weighted by Gasteiger charge is -2.02. The number of hydrogen-bond acceptors (Lipinski definition) is 3. The predicted molar refractivity (Wildman–Crippen MR) is 72.7 cm³/mol. The number of nitrogens with zero attached hydrogens (tertiary/aromatic N) is 2. The zero-order chi connectivity index (χ0) is 13.5. The van der Waals surface area contributed by atoms with Crippen LogP contribution in [0.1, 0.15) is 0 Å². The molecule has 0 aliphatic heterocycles. The van der Waals surface area contributed by atoms with Gasteiger partial charge >= 0.3 is 0 Å². The normalized spacial score (nSPS) is 10.6. The Kier molecular flexibility index (Phi) is 4.39. The molecule has 0 heterocycles. The maximum atomic E-state index is 12.7. The molecule has 0 spiro atoms. The van der Waals surface area contributed by atoms with Crippen LogP contribution in [0.15, 0.2) is 71.4 Å². The number of ether oxygens (including phenoxy) is 1. The fourth-order valence-electron chi connectivity index (χ4n) is 1.39. The molecule has 0 N–H and O–H groups in total. The van der Waals surface area contributed by atoms with Crippen molar-refractivity contribution in [3.05, 3.63) is 67.0 Å². The second-order valence-electron chi connectivity index (χ2n) is 3.77. The highest BCUT2D eigenvalue weighted by atomic mass is 19.1. The van der Waals surface area contributed by atoms with E-state index in [1.165, 1.54) is 12.1 Å². The van der Waals surface area contributed by atoms with Crippen LogP contribution in [0.25, 0.3) is 0 Å². The third kappa shape index (κ3) is 4.03. The van der Waals surface area contributed by atoms with Gasteiger partial charge in [-0.15, -0.1) is 0 Å². The summed E-state index contributed by atoms with van der Waals surface area (Å²) in [7, 11) is 0. The summed E-state index contributed by atoms with van der Waals surface area (Å²) in [6, 6.07) is 13.0. The standard InChI is InChI=1S/C15H13FN2O/c1-2-11-19-15-9-7-14(8-10-15)18-17-13-5-3-12(16)4-6-13/h2-10H,1,11H2. The van der Waals surface area contributed by atoms with Crippen LogP contribution < -0.4 is 4.74 Å². The van der Waals surface area contributed by atoms with Crippen LogP contribution in [0.4, 0.5) is 15.8 Å². The third-order valence-corrected chi connectivity index (χ3v) is 2.31. The summed E-state index contributed by atoms with van der Waals surface area (Å²) in [5.74, 6) is 0.461. The molecule has 0 bridgehead atoms. The van der Waals surface area contributed by atoms with Crippen molar-refractivity contribution in [2.75, 3.05) is 6.61 Å². The van der Waals surface area contributed by atoms with E-state index in [-0.39, 0.29) is 5.82 Å². The third-order valence-electron chi connectivity index (χ3n) is 2.31. The summed E-state index contributed by atoms with van der Waals surface area (Å²) in [6.07, 6.45) is 1.68. The maximum absolute atomic E-state index is 12.7. The average Bonchev–Trinajstić information content (AvgIpc) is 2.46. The molecule has 0 radical (unpaired) electrons. The summed E-state index contributed by atoms with van der Waals surface area (Å²) in [6.45, 7) is 4.05. The van der Waals surface area contributed by atoms with Gasteiger partial charge in [0.15, 0.2) is 0 Å². The van der Waals surface area contributed by atoms with E-state index in [1.807, 2.05) is 12.1 Å². The SMILES string of the molecule is C=CCOc1ccc(N=Nc2ccc(F)cc2)cc1. The lowest BCUT2D eigenvalue weighted by Crippen LogP contribution is -1.91. The number of hydrogen-bond donors (Lipinski definition) is 0. The van der Waals surface area contributed by atoms with Gasteiger partial charge in [-0.1, -0.05) is 12.7 Å². The van der Waals surface area contributed by atoms with E-state index in [0.717, 1.165) is 5.75 Å². The lowest BCUT2D eigenvalue weighted by atomic mass is 10.3. The maximum Gasteiger partial charge on any atom is 0.123 e. The van der Waals surface area contributed by atoms with Crippen LogP contribution in [-0.2, 0) is 0 Å². The smallest absolute Gasteiger partial charge is 0.123 e. The Bertz CT molecular complexity index is 562. The summed E-state index contributed by atoms with van der Waals surface area (Å²) in [5, 5.41) is 8.07. The first kappa shape index (κ1) is 13.0. The number of benzene rings is 2. The van der Waals surface area contributed by atoms with Gasteiger partial charge < -0.3 is 4.74 Å². The molecule has 0 aliphatic rings. The zero-order valence-corrected chi connectivity index (χ0v) is 10.3. The van der Waals surface area contributed by atoms with Crippen molar-refractivity contribution in [2.24, 2.45) is 10.2 Å². The summed E-state index contributed by atoms with van der Waals surface area (Å²) >= 11 is 0. The van der Waals surface area contributed by atoms with Gasteiger partial charge in [0, 0.05) is 0 Å². The first-order valence-electron chi connectivity index (χ1n) is 5.79. The first-order chi connectivity index (χ1) is 9.28. The van der Waals surface area contributed by atoms with Gasteiger partial charge in [-0.05, 0) is 48.5 Å². The van der Waals surface area contributed by atoms with E-state index >= 15 is 0 Å². The van der Waals surface area contributed by atoms with E-state index in [0.29, 0.717) is 18.0 Å². The molecule has 0 saturated heterocycles. The molecule has 2 aromatic rings. The molecule has 0 aromatic heterocycles. The summed E-state index contributed by atoms with van der Waals surface area (Å²) in [4.78, 5) is 0. The molecule has 0 amide bonds. The second-order valence-corrected chi connectivity index (χ2v) is 3.77. The zero-order valence-electron chi connectivity index (χ0n) is 10.3.